The van der Waals surface area contributed by atoms with E-state index < -0.39 is 11.5 Å². The van der Waals surface area contributed by atoms with Gasteiger partial charge in [-0.1, -0.05) is 0 Å². The van der Waals surface area contributed by atoms with Crippen LogP contribution in [-0.4, -0.2) is 22.5 Å². The summed E-state index contributed by atoms with van der Waals surface area (Å²) in [7, 11) is 0. The molecule has 1 aliphatic carbocycles. The molecule has 0 aliphatic heterocycles. The summed E-state index contributed by atoms with van der Waals surface area (Å²) in [6.07, 6.45) is 5.79. The number of amides is 1. The SMILES string of the molecule is C#CC1CC(NC(C)=O)(C(=O)O)C1. The van der Waals surface area contributed by atoms with E-state index in [4.69, 9.17) is 11.5 Å². The van der Waals surface area contributed by atoms with Gasteiger partial charge in [0.1, 0.15) is 5.54 Å². The zero-order chi connectivity index (χ0) is 10.1. The number of carbonyl (C=O) groups excluding carboxylic acids is 1. The highest BCUT2D eigenvalue weighted by molar-refractivity contribution is 5.87. The van der Waals surface area contributed by atoms with E-state index in [0.29, 0.717) is 12.8 Å². The molecular weight excluding hydrogens is 170 g/mol. The number of rotatable bonds is 2. The van der Waals surface area contributed by atoms with E-state index in [2.05, 4.69) is 11.2 Å². The van der Waals surface area contributed by atoms with Gasteiger partial charge < -0.3 is 10.4 Å². The topological polar surface area (TPSA) is 66.4 Å². The summed E-state index contributed by atoms with van der Waals surface area (Å²) < 4.78 is 0. The van der Waals surface area contributed by atoms with Crippen molar-refractivity contribution >= 4 is 11.9 Å². The molecule has 0 aromatic carbocycles. The van der Waals surface area contributed by atoms with Gasteiger partial charge in [-0.2, -0.15) is 0 Å². The van der Waals surface area contributed by atoms with Crippen LogP contribution in [0.4, 0.5) is 0 Å². The first-order valence-corrected chi connectivity index (χ1v) is 3.98. The van der Waals surface area contributed by atoms with Gasteiger partial charge >= 0.3 is 5.97 Å². The number of carboxylic acid groups (broad SMARTS) is 1. The molecule has 4 nitrogen and oxygen atoms in total. The van der Waals surface area contributed by atoms with Gasteiger partial charge in [-0.25, -0.2) is 4.79 Å². The van der Waals surface area contributed by atoms with Gasteiger partial charge in [-0.3, -0.25) is 4.79 Å². The number of carboxylic acids is 1. The van der Waals surface area contributed by atoms with Crippen LogP contribution in [-0.2, 0) is 9.59 Å². The van der Waals surface area contributed by atoms with Crippen molar-refractivity contribution in [2.75, 3.05) is 0 Å². The van der Waals surface area contributed by atoms with Crippen LogP contribution >= 0.6 is 0 Å². The van der Waals surface area contributed by atoms with Crippen molar-refractivity contribution in [3.8, 4) is 12.3 Å². The highest BCUT2D eigenvalue weighted by Crippen LogP contribution is 2.37. The molecule has 4 heteroatoms. The van der Waals surface area contributed by atoms with Crippen molar-refractivity contribution in [1.29, 1.82) is 0 Å². The first-order chi connectivity index (χ1) is 6.00. The zero-order valence-corrected chi connectivity index (χ0v) is 7.33. The van der Waals surface area contributed by atoms with Crippen molar-refractivity contribution < 1.29 is 14.7 Å². The van der Waals surface area contributed by atoms with E-state index >= 15 is 0 Å². The Morgan fingerprint density at radius 1 is 1.62 bits per heavy atom. The minimum absolute atomic E-state index is 0.0250. The van der Waals surface area contributed by atoms with Crippen LogP contribution in [0.3, 0.4) is 0 Å². The maximum Gasteiger partial charge on any atom is 0.329 e. The average Bonchev–Trinajstić information content (AvgIpc) is 1.94. The van der Waals surface area contributed by atoms with Crippen LogP contribution in [0.1, 0.15) is 19.8 Å². The Hall–Kier alpha value is -1.50. The highest BCUT2D eigenvalue weighted by atomic mass is 16.4. The molecule has 1 saturated carbocycles. The second-order valence-electron chi connectivity index (χ2n) is 3.34. The molecule has 0 radical (unpaired) electrons. The first kappa shape index (κ1) is 9.59. The second-order valence-corrected chi connectivity index (χ2v) is 3.34. The van der Waals surface area contributed by atoms with Gasteiger partial charge in [-0.05, 0) is 12.8 Å². The van der Waals surface area contributed by atoms with Gasteiger partial charge in [0, 0.05) is 12.8 Å². The Bertz CT molecular complexity index is 284. The molecule has 0 bridgehead atoms. The predicted molar refractivity (Wildman–Crippen MR) is 45.7 cm³/mol. The lowest BCUT2D eigenvalue weighted by molar-refractivity contribution is -0.153. The molecule has 0 spiro atoms. The number of nitrogens with one attached hydrogen (secondary N) is 1. The quantitative estimate of drug-likeness (QED) is 0.589. The van der Waals surface area contributed by atoms with Crippen LogP contribution in [0.2, 0.25) is 0 Å². The molecule has 0 aromatic rings. The molecule has 0 atom stereocenters. The van der Waals surface area contributed by atoms with Crippen molar-refractivity contribution in [2.24, 2.45) is 5.92 Å². The number of carbonyl (C=O) groups is 2. The van der Waals surface area contributed by atoms with Crippen LogP contribution in [0, 0.1) is 18.3 Å². The summed E-state index contributed by atoms with van der Waals surface area (Å²) in [6.45, 7) is 1.30. The summed E-state index contributed by atoms with van der Waals surface area (Å²) >= 11 is 0. The first-order valence-electron chi connectivity index (χ1n) is 3.98. The average molecular weight is 181 g/mol. The van der Waals surface area contributed by atoms with Gasteiger partial charge in [0.05, 0.1) is 0 Å². The Morgan fingerprint density at radius 2 is 2.15 bits per heavy atom. The van der Waals surface area contributed by atoms with E-state index in [-0.39, 0.29) is 11.8 Å². The molecular formula is C9H11NO3. The Kier molecular flexibility index (Phi) is 2.28. The van der Waals surface area contributed by atoms with Gasteiger partial charge in [0.25, 0.3) is 0 Å². The van der Waals surface area contributed by atoms with Crippen LogP contribution < -0.4 is 5.32 Å². The lowest BCUT2D eigenvalue weighted by atomic mass is 9.68. The van der Waals surface area contributed by atoms with Crippen molar-refractivity contribution in [3.63, 3.8) is 0 Å². The number of hydrogen-bond donors (Lipinski definition) is 2. The Balaban J connectivity index is 2.66. The van der Waals surface area contributed by atoms with Crippen LogP contribution in [0.25, 0.3) is 0 Å². The third-order valence-corrected chi connectivity index (χ3v) is 2.25. The molecule has 2 N–H and O–H groups in total. The molecule has 13 heavy (non-hydrogen) atoms. The van der Waals surface area contributed by atoms with Crippen molar-refractivity contribution in [3.05, 3.63) is 0 Å². The van der Waals surface area contributed by atoms with Crippen LogP contribution in [0.5, 0.6) is 0 Å². The molecule has 0 aromatic heterocycles. The van der Waals surface area contributed by atoms with Gasteiger partial charge in [0.15, 0.2) is 0 Å². The summed E-state index contributed by atoms with van der Waals surface area (Å²) in [6, 6.07) is 0. The van der Waals surface area contributed by atoms with Crippen molar-refractivity contribution in [2.45, 2.75) is 25.3 Å². The molecule has 1 fully saturated rings. The minimum Gasteiger partial charge on any atom is -0.480 e. The molecule has 0 unspecified atom stereocenters. The zero-order valence-electron chi connectivity index (χ0n) is 7.33. The highest BCUT2D eigenvalue weighted by Gasteiger charge is 2.50. The molecule has 1 aliphatic rings. The molecule has 1 rings (SSSR count). The van der Waals surface area contributed by atoms with E-state index in [1.165, 1.54) is 6.92 Å². The van der Waals surface area contributed by atoms with E-state index in [1.807, 2.05) is 0 Å². The number of aliphatic carboxylic acids is 1. The second kappa shape index (κ2) is 3.09. The van der Waals surface area contributed by atoms with Gasteiger partial charge in [-0.15, -0.1) is 12.3 Å². The van der Waals surface area contributed by atoms with Gasteiger partial charge in [0.2, 0.25) is 5.91 Å². The molecule has 1 amide bonds. The predicted octanol–water partition coefficient (Wildman–Crippen LogP) is -0.0109. The third-order valence-electron chi connectivity index (χ3n) is 2.25. The lowest BCUT2D eigenvalue weighted by Crippen LogP contribution is -2.61. The summed E-state index contributed by atoms with van der Waals surface area (Å²) in [5.41, 5.74) is -1.11. The summed E-state index contributed by atoms with van der Waals surface area (Å²) in [4.78, 5) is 21.5. The smallest absolute Gasteiger partial charge is 0.329 e. The third kappa shape index (κ3) is 1.64. The monoisotopic (exact) mass is 181 g/mol. The summed E-state index contributed by atoms with van der Waals surface area (Å²) in [5, 5.41) is 11.3. The number of hydrogen-bond acceptors (Lipinski definition) is 2. The maximum absolute atomic E-state index is 10.8. The minimum atomic E-state index is -1.11. The van der Waals surface area contributed by atoms with E-state index in [0.717, 1.165) is 0 Å². The lowest BCUT2D eigenvalue weighted by Gasteiger charge is -2.42. The fourth-order valence-corrected chi connectivity index (χ4v) is 1.57. The maximum atomic E-state index is 10.8. The standard InChI is InChI=1S/C9H11NO3/c1-3-7-4-9(5-7,8(12)13)10-6(2)11/h1,7H,4-5H2,2H3,(H,10,11)(H,12,13). The van der Waals surface area contributed by atoms with Crippen molar-refractivity contribution in [1.82, 2.24) is 5.32 Å². The molecule has 70 valence electrons. The van der Waals surface area contributed by atoms with E-state index in [9.17, 15) is 9.59 Å². The van der Waals surface area contributed by atoms with Crippen LogP contribution in [0.15, 0.2) is 0 Å². The van der Waals surface area contributed by atoms with E-state index in [1.54, 1.807) is 0 Å². The fourth-order valence-electron chi connectivity index (χ4n) is 1.57. The Labute approximate surface area is 76.3 Å². The number of terminal acetylenes is 1. The summed E-state index contributed by atoms with van der Waals surface area (Å²) in [5.74, 6) is 1.10. The molecule has 0 saturated heterocycles. The largest absolute Gasteiger partial charge is 0.480 e. The normalized spacial score (nSPS) is 31.2. The fraction of sp³-hybridized carbons (Fsp3) is 0.556. The Morgan fingerprint density at radius 3 is 2.46 bits per heavy atom. The molecule has 0 heterocycles.